The summed E-state index contributed by atoms with van der Waals surface area (Å²) in [5.41, 5.74) is 5.36. The van der Waals surface area contributed by atoms with Crippen molar-refractivity contribution in [3.63, 3.8) is 0 Å². The summed E-state index contributed by atoms with van der Waals surface area (Å²) in [6.45, 7) is 4.82. The summed E-state index contributed by atoms with van der Waals surface area (Å²) >= 11 is 0. The molecule has 1 unspecified atom stereocenters. The van der Waals surface area contributed by atoms with Gasteiger partial charge in [0.25, 0.3) is 5.69 Å². The minimum Gasteiger partial charge on any atom is -0.454 e. The highest BCUT2D eigenvalue weighted by molar-refractivity contribution is 5.88. The molecule has 0 bridgehead atoms. The Balaban J connectivity index is 1.25. The number of fused-ring (bicyclic) bond motifs is 2. The van der Waals surface area contributed by atoms with Crippen molar-refractivity contribution in [1.82, 2.24) is 9.88 Å². The third kappa shape index (κ3) is 4.65. The topological polar surface area (TPSA) is 101 Å². The number of ether oxygens (including phenoxy) is 2. The lowest BCUT2D eigenvalue weighted by molar-refractivity contribution is -0.384. The van der Waals surface area contributed by atoms with Gasteiger partial charge >= 0.3 is 0 Å². The van der Waals surface area contributed by atoms with Gasteiger partial charge in [0, 0.05) is 79.0 Å². The summed E-state index contributed by atoms with van der Waals surface area (Å²) in [5.74, 6) is 1.29. The lowest BCUT2D eigenvalue weighted by atomic mass is 9.86. The fourth-order valence-electron chi connectivity index (χ4n) is 5.74. The molecule has 3 aromatic carbocycles. The third-order valence-electron chi connectivity index (χ3n) is 7.83. The molecule has 0 radical (unpaired) electrons. The first-order chi connectivity index (χ1) is 19.0. The van der Waals surface area contributed by atoms with Gasteiger partial charge in [0.05, 0.1) is 4.92 Å². The lowest BCUT2D eigenvalue weighted by Gasteiger charge is -2.36. The van der Waals surface area contributed by atoms with Crippen LogP contribution in [-0.2, 0) is 11.2 Å². The Bertz CT molecular complexity index is 1520. The highest BCUT2D eigenvalue weighted by Crippen LogP contribution is 2.44. The van der Waals surface area contributed by atoms with Crippen LogP contribution in [0.4, 0.5) is 11.4 Å². The summed E-state index contributed by atoms with van der Waals surface area (Å²) in [5, 5.41) is 12.1. The molecule has 2 aliphatic rings. The second kappa shape index (κ2) is 10.3. The Morgan fingerprint density at radius 1 is 1.00 bits per heavy atom. The van der Waals surface area contributed by atoms with Crippen molar-refractivity contribution in [2.75, 3.05) is 37.9 Å². The van der Waals surface area contributed by atoms with Gasteiger partial charge in [0.1, 0.15) is 0 Å². The van der Waals surface area contributed by atoms with Gasteiger partial charge in [-0.25, -0.2) is 0 Å². The number of H-pyrrole nitrogens is 1. The number of carbonyl (C=O) groups excluding carboxylic acids is 1. The standard InChI is InChI=1S/C30H30N4O5/c1-2-20-5-3-6-23-26(18-31-29(20)23)25(24-7-4-8-27-30(24)39-19-38-27)17-28(35)33-15-13-32(14-16-33)21-9-11-22(12-10-21)34(36)37/h3-12,18,25,31H,2,13-17,19H2,1H3. The van der Waals surface area contributed by atoms with Crippen LogP contribution in [0.5, 0.6) is 11.5 Å². The molecule has 0 saturated carbocycles. The first kappa shape index (κ1) is 24.8. The van der Waals surface area contributed by atoms with Gasteiger partial charge < -0.3 is 24.3 Å². The number of rotatable bonds is 7. The van der Waals surface area contributed by atoms with E-state index >= 15 is 0 Å². The number of non-ortho nitro benzene ring substituents is 1. The molecule has 39 heavy (non-hydrogen) atoms. The lowest BCUT2D eigenvalue weighted by Crippen LogP contribution is -2.49. The average molecular weight is 527 g/mol. The minimum absolute atomic E-state index is 0.0729. The van der Waals surface area contributed by atoms with E-state index in [2.05, 4.69) is 35.0 Å². The smallest absolute Gasteiger partial charge is 0.269 e. The molecule has 1 atom stereocenters. The van der Waals surface area contributed by atoms with Gasteiger partial charge in [-0.15, -0.1) is 0 Å². The van der Waals surface area contributed by atoms with Crippen molar-refractivity contribution >= 4 is 28.2 Å². The number of aromatic amines is 1. The Labute approximate surface area is 226 Å². The number of aryl methyl sites for hydroxylation is 1. The molecule has 200 valence electrons. The zero-order valence-corrected chi connectivity index (χ0v) is 21.8. The van der Waals surface area contributed by atoms with E-state index in [0.29, 0.717) is 44.1 Å². The van der Waals surface area contributed by atoms with Gasteiger partial charge in [-0.2, -0.15) is 0 Å². The number of carbonyl (C=O) groups is 1. The van der Waals surface area contributed by atoms with Crippen LogP contribution >= 0.6 is 0 Å². The van der Waals surface area contributed by atoms with Crippen molar-refractivity contribution in [3.8, 4) is 11.5 Å². The van der Waals surface area contributed by atoms with Crippen LogP contribution in [0.2, 0.25) is 0 Å². The average Bonchev–Trinajstić information content (AvgIpc) is 3.63. The zero-order valence-electron chi connectivity index (χ0n) is 21.8. The minimum atomic E-state index is -0.396. The van der Waals surface area contributed by atoms with Gasteiger partial charge in [-0.3, -0.25) is 14.9 Å². The Morgan fingerprint density at radius 2 is 1.77 bits per heavy atom. The molecule has 3 heterocycles. The molecule has 1 saturated heterocycles. The van der Waals surface area contributed by atoms with E-state index in [1.54, 1.807) is 12.1 Å². The molecular formula is C30H30N4O5. The van der Waals surface area contributed by atoms with E-state index in [4.69, 9.17) is 9.47 Å². The molecule has 1 amide bonds. The Morgan fingerprint density at radius 3 is 2.51 bits per heavy atom. The van der Waals surface area contributed by atoms with Crippen molar-refractivity contribution in [2.45, 2.75) is 25.7 Å². The molecule has 1 fully saturated rings. The number of para-hydroxylation sites is 2. The van der Waals surface area contributed by atoms with E-state index in [-0.39, 0.29) is 24.3 Å². The van der Waals surface area contributed by atoms with Crippen LogP contribution < -0.4 is 14.4 Å². The number of hydrogen-bond donors (Lipinski definition) is 1. The normalized spacial score (nSPS) is 15.5. The van der Waals surface area contributed by atoms with Crippen LogP contribution in [0.15, 0.2) is 66.9 Å². The van der Waals surface area contributed by atoms with Gasteiger partial charge in [0.2, 0.25) is 12.7 Å². The molecule has 1 aromatic heterocycles. The predicted molar refractivity (Wildman–Crippen MR) is 149 cm³/mol. The van der Waals surface area contributed by atoms with E-state index in [1.165, 1.54) is 17.7 Å². The van der Waals surface area contributed by atoms with Crippen molar-refractivity contribution < 1.29 is 19.2 Å². The fraction of sp³-hybridized carbons (Fsp3) is 0.300. The van der Waals surface area contributed by atoms with Crippen molar-refractivity contribution in [3.05, 3.63) is 93.7 Å². The molecule has 0 spiro atoms. The Kier molecular flexibility index (Phi) is 6.56. The van der Waals surface area contributed by atoms with Gasteiger partial charge in [-0.05, 0) is 35.7 Å². The van der Waals surface area contributed by atoms with Crippen LogP contribution in [0.3, 0.4) is 0 Å². The number of nitrogens with one attached hydrogen (secondary N) is 1. The first-order valence-electron chi connectivity index (χ1n) is 13.3. The summed E-state index contributed by atoms with van der Waals surface area (Å²) in [4.78, 5) is 31.9. The molecule has 6 rings (SSSR count). The zero-order chi connectivity index (χ0) is 26.9. The highest BCUT2D eigenvalue weighted by Gasteiger charge is 2.31. The highest BCUT2D eigenvalue weighted by atomic mass is 16.7. The van der Waals surface area contributed by atoms with E-state index in [9.17, 15) is 14.9 Å². The fourth-order valence-corrected chi connectivity index (χ4v) is 5.74. The summed E-state index contributed by atoms with van der Waals surface area (Å²) in [6.07, 6.45) is 3.25. The van der Waals surface area contributed by atoms with E-state index in [1.807, 2.05) is 29.3 Å². The van der Waals surface area contributed by atoms with Crippen LogP contribution in [0.25, 0.3) is 10.9 Å². The van der Waals surface area contributed by atoms with E-state index < -0.39 is 4.92 Å². The molecule has 4 aromatic rings. The molecule has 1 N–H and O–H groups in total. The maximum absolute atomic E-state index is 13.7. The van der Waals surface area contributed by atoms with Crippen LogP contribution in [0.1, 0.15) is 36.0 Å². The van der Waals surface area contributed by atoms with Crippen molar-refractivity contribution in [2.24, 2.45) is 0 Å². The maximum Gasteiger partial charge on any atom is 0.269 e. The number of aromatic nitrogens is 1. The number of nitro groups is 1. The molecule has 9 nitrogen and oxygen atoms in total. The Hall–Kier alpha value is -4.53. The predicted octanol–water partition coefficient (Wildman–Crippen LogP) is 5.24. The summed E-state index contributed by atoms with van der Waals surface area (Å²) < 4.78 is 11.5. The van der Waals surface area contributed by atoms with E-state index in [0.717, 1.165) is 34.1 Å². The van der Waals surface area contributed by atoms with Crippen LogP contribution in [-0.4, -0.2) is 53.7 Å². The number of piperazine rings is 1. The second-order valence-electron chi connectivity index (χ2n) is 9.92. The first-order valence-corrected chi connectivity index (χ1v) is 13.3. The summed E-state index contributed by atoms with van der Waals surface area (Å²) in [6, 6.07) is 18.8. The number of nitro benzene ring substituents is 1. The molecule has 0 aliphatic carbocycles. The molecule has 9 heteroatoms. The quantitative estimate of drug-likeness (QED) is 0.261. The third-order valence-corrected chi connectivity index (χ3v) is 7.83. The maximum atomic E-state index is 13.7. The number of hydrogen-bond acceptors (Lipinski definition) is 6. The number of nitrogens with zero attached hydrogens (tertiary/aromatic N) is 3. The SMILES string of the molecule is CCc1cccc2c(C(CC(=O)N3CCN(c4ccc([N+](=O)[O-])cc4)CC3)c3cccc4c3OCO4)c[nH]c12. The van der Waals surface area contributed by atoms with Crippen LogP contribution in [0, 0.1) is 10.1 Å². The number of anilines is 1. The number of benzene rings is 3. The van der Waals surface area contributed by atoms with Crippen molar-refractivity contribution in [1.29, 1.82) is 0 Å². The summed E-state index contributed by atoms with van der Waals surface area (Å²) in [7, 11) is 0. The molecular weight excluding hydrogens is 496 g/mol. The molecule has 2 aliphatic heterocycles. The van der Waals surface area contributed by atoms with Gasteiger partial charge in [-0.1, -0.05) is 37.3 Å². The number of amides is 1. The van der Waals surface area contributed by atoms with Gasteiger partial charge in [0.15, 0.2) is 11.5 Å². The monoisotopic (exact) mass is 526 g/mol. The second-order valence-corrected chi connectivity index (χ2v) is 9.92. The largest absolute Gasteiger partial charge is 0.454 e.